The number of hydrogen-bond donors (Lipinski definition) is 1. The highest BCUT2D eigenvalue weighted by Gasteiger charge is 2.07. The number of nitrogens with one attached hydrogen (secondary N) is 1. The number of furan rings is 1. The minimum absolute atomic E-state index is 0.154. The van der Waals surface area contributed by atoms with Crippen LogP contribution in [0.1, 0.15) is 18.4 Å². The molecule has 0 radical (unpaired) electrons. The van der Waals surface area contributed by atoms with Gasteiger partial charge in [0.15, 0.2) is 6.61 Å². The van der Waals surface area contributed by atoms with Crippen LogP contribution >= 0.6 is 15.9 Å². The Hall–Kier alpha value is -2.28. The Kier molecular flexibility index (Phi) is 5.81. The van der Waals surface area contributed by atoms with Gasteiger partial charge in [-0.1, -0.05) is 0 Å². The maximum Gasteiger partial charge on any atom is 0.277 e. The topological polar surface area (TPSA) is 73.1 Å². The Labute approximate surface area is 142 Å². The molecule has 0 saturated carbocycles. The molecule has 1 amide bonds. The molecule has 0 aliphatic heterocycles. The van der Waals surface area contributed by atoms with Crippen LogP contribution in [0.5, 0.6) is 11.5 Å². The lowest BCUT2D eigenvalue weighted by atomic mass is 10.3. The summed E-state index contributed by atoms with van der Waals surface area (Å²) in [6.45, 7) is 3.44. The molecule has 1 heterocycles. The summed E-state index contributed by atoms with van der Waals surface area (Å²) in [6, 6.07) is 8.86. The zero-order valence-electron chi connectivity index (χ0n) is 13.1. The van der Waals surface area contributed by atoms with Gasteiger partial charge in [-0.3, -0.25) is 4.79 Å². The minimum Gasteiger partial charge on any atom is -0.497 e. The Bertz CT molecular complexity index is 725. The number of nitrogens with zero attached hydrogens (tertiary/aromatic N) is 1. The predicted octanol–water partition coefficient (Wildman–Crippen LogP) is 3.28. The second-order valence-corrected chi connectivity index (χ2v) is 5.58. The number of methoxy groups -OCH3 is 1. The Morgan fingerprint density at radius 1 is 1.35 bits per heavy atom. The van der Waals surface area contributed by atoms with Gasteiger partial charge in [-0.2, -0.15) is 5.10 Å². The normalized spacial score (nSPS) is 11.2. The number of benzene rings is 1. The molecule has 0 spiro atoms. The summed E-state index contributed by atoms with van der Waals surface area (Å²) in [4.78, 5) is 11.8. The van der Waals surface area contributed by atoms with E-state index in [9.17, 15) is 4.79 Å². The van der Waals surface area contributed by atoms with E-state index in [2.05, 4.69) is 26.5 Å². The first-order chi connectivity index (χ1) is 11.0. The molecule has 2 aromatic rings. The summed E-state index contributed by atoms with van der Waals surface area (Å²) in [7, 11) is 1.58. The zero-order valence-corrected chi connectivity index (χ0v) is 14.6. The van der Waals surface area contributed by atoms with Crippen molar-refractivity contribution < 1.29 is 18.7 Å². The van der Waals surface area contributed by atoms with Gasteiger partial charge in [-0.15, -0.1) is 0 Å². The van der Waals surface area contributed by atoms with Crippen molar-refractivity contribution in [3.05, 3.63) is 46.3 Å². The van der Waals surface area contributed by atoms with E-state index < -0.39 is 0 Å². The van der Waals surface area contributed by atoms with E-state index in [1.807, 2.05) is 13.0 Å². The molecule has 23 heavy (non-hydrogen) atoms. The van der Waals surface area contributed by atoms with Crippen LogP contribution in [-0.4, -0.2) is 25.3 Å². The highest BCUT2D eigenvalue weighted by atomic mass is 79.9. The summed E-state index contributed by atoms with van der Waals surface area (Å²) in [5, 5.41) is 3.98. The molecule has 0 saturated heterocycles. The maximum atomic E-state index is 11.8. The summed E-state index contributed by atoms with van der Waals surface area (Å²) < 4.78 is 16.6. The third kappa shape index (κ3) is 4.85. The van der Waals surface area contributed by atoms with Gasteiger partial charge in [-0.25, -0.2) is 5.43 Å². The fraction of sp³-hybridized carbons (Fsp3) is 0.250. The van der Waals surface area contributed by atoms with Crippen molar-refractivity contribution in [3.63, 3.8) is 0 Å². The van der Waals surface area contributed by atoms with E-state index in [0.717, 1.165) is 5.76 Å². The van der Waals surface area contributed by atoms with Gasteiger partial charge in [0, 0.05) is 0 Å². The molecule has 0 atom stereocenters. The van der Waals surface area contributed by atoms with Crippen molar-refractivity contribution in [2.45, 2.75) is 13.8 Å². The van der Waals surface area contributed by atoms with Crippen LogP contribution in [0.2, 0.25) is 0 Å². The second kappa shape index (κ2) is 7.82. The molecule has 7 heteroatoms. The largest absolute Gasteiger partial charge is 0.497 e. The molecule has 0 bridgehead atoms. The van der Waals surface area contributed by atoms with Crippen LogP contribution < -0.4 is 14.9 Å². The predicted molar refractivity (Wildman–Crippen MR) is 90.0 cm³/mol. The lowest BCUT2D eigenvalue weighted by Crippen LogP contribution is -2.25. The number of ether oxygens (including phenoxy) is 2. The standard InChI is InChI=1S/C16H17BrN2O4/c1-10-4-6-14(23-10)11(2)18-19-16(20)9-22-15-7-5-12(21-3)8-13(15)17/h4-8H,9H2,1-3H3,(H,19,20)/b18-11-. The molecule has 0 unspecified atom stereocenters. The van der Waals surface area contributed by atoms with Gasteiger partial charge in [-0.05, 0) is 60.1 Å². The van der Waals surface area contributed by atoms with Crippen molar-refractivity contribution in [2.75, 3.05) is 13.7 Å². The molecule has 0 fully saturated rings. The number of hydrogen-bond acceptors (Lipinski definition) is 5. The molecule has 0 aliphatic carbocycles. The number of carbonyl (C=O) groups is 1. The molecular weight excluding hydrogens is 364 g/mol. The van der Waals surface area contributed by atoms with Gasteiger partial charge >= 0.3 is 0 Å². The van der Waals surface area contributed by atoms with Gasteiger partial charge in [0.2, 0.25) is 0 Å². The first-order valence-corrected chi connectivity index (χ1v) is 7.65. The highest BCUT2D eigenvalue weighted by molar-refractivity contribution is 9.10. The van der Waals surface area contributed by atoms with Crippen LogP contribution in [-0.2, 0) is 4.79 Å². The van der Waals surface area contributed by atoms with E-state index in [0.29, 0.717) is 27.4 Å². The Balaban J connectivity index is 1.88. The van der Waals surface area contributed by atoms with Crippen LogP contribution in [0, 0.1) is 6.92 Å². The quantitative estimate of drug-likeness (QED) is 0.616. The fourth-order valence-electron chi connectivity index (χ4n) is 1.73. The van der Waals surface area contributed by atoms with E-state index in [1.165, 1.54) is 0 Å². The number of rotatable bonds is 6. The number of amides is 1. The van der Waals surface area contributed by atoms with E-state index in [4.69, 9.17) is 13.9 Å². The second-order valence-electron chi connectivity index (χ2n) is 4.73. The van der Waals surface area contributed by atoms with E-state index >= 15 is 0 Å². The van der Waals surface area contributed by atoms with Crippen molar-refractivity contribution in [1.82, 2.24) is 5.43 Å². The lowest BCUT2D eigenvalue weighted by molar-refractivity contribution is -0.123. The van der Waals surface area contributed by atoms with E-state index in [1.54, 1.807) is 38.3 Å². The third-order valence-corrected chi connectivity index (χ3v) is 3.56. The first-order valence-electron chi connectivity index (χ1n) is 6.86. The van der Waals surface area contributed by atoms with Crippen LogP contribution in [0.3, 0.4) is 0 Å². The van der Waals surface area contributed by atoms with Crippen LogP contribution in [0.25, 0.3) is 0 Å². The fourth-order valence-corrected chi connectivity index (χ4v) is 2.20. The van der Waals surface area contributed by atoms with Gasteiger partial charge in [0.25, 0.3) is 5.91 Å². The number of aryl methyl sites for hydroxylation is 1. The zero-order chi connectivity index (χ0) is 16.8. The average Bonchev–Trinajstić information content (AvgIpc) is 2.97. The van der Waals surface area contributed by atoms with Crippen molar-refractivity contribution in [1.29, 1.82) is 0 Å². The summed E-state index contributed by atoms with van der Waals surface area (Å²) >= 11 is 3.36. The highest BCUT2D eigenvalue weighted by Crippen LogP contribution is 2.28. The minimum atomic E-state index is -0.365. The molecule has 2 rings (SSSR count). The number of halogens is 1. The lowest BCUT2D eigenvalue weighted by Gasteiger charge is -2.08. The molecule has 0 aliphatic rings. The number of hydrazone groups is 1. The first kappa shape index (κ1) is 17.1. The molecule has 6 nitrogen and oxygen atoms in total. The summed E-state index contributed by atoms with van der Waals surface area (Å²) in [6.07, 6.45) is 0. The van der Waals surface area contributed by atoms with Gasteiger partial charge < -0.3 is 13.9 Å². The van der Waals surface area contributed by atoms with Gasteiger partial charge in [0.1, 0.15) is 28.7 Å². The molecule has 1 aromatic carbocycles. The summed E-state index contributed by atoms with van der Waals surface area (Å²) in [5.41, 5.74) is 3.01. The third-order valence-electron chi connectivity index (χ3n) is 2.94. The van der Waals surface area contributed by atoms with Crippen molar-refractivity contribution in [3.8, 4) is 11.5 Å². The molecule has 1 aromatic heterocycles. The molecular formula is C16H17BrN2O4. The SMILES string of the molecule is COc1ccc(OCC(=O)N/N=C(/C)c2ccc(C)o2)c(Br)c1. The monoisotopic (exact) mass is 380 g/mol. The number of carbonyl (C=O) groups excluding carboxylic acids is 1. The summed E-state index contributed by atoms with van der Waals surface area (Å²) in [5.74, 6) is 2.27. The Morgan fingerprint density at radius 2 is 2.13 bits per heavy atom. The van der Waals surface area contributed by atoms with Crippen LogP contribution in [0.15, 0.2) is 44.3 Å². The van der Waals surface area contributed by atoms with E-state index in [-0.39, 0.29) is 12.5 Å². The van der Waals surface area contributed by atoms with Crippen LogP contribution in [0.4, 0.5) is 0 Å². The van der Waals surface area contributed by atoms with Crippen molar-refractivity contribution in [2.24, 2.45) is 5.10 Å². The van der Waals surface area contributed by atoms with Crippen molar-refractivity contribution >= 4 is 27.5 Å². The maximum absolute atomic E-state index is 11.8. The average molecular weight is 381 g/mol. The molecule has 1 N–H and O–H groups in total. The molecule has 122 valence electrons. The smallest absolute Gasteiger partial charge is 0.277 e. The van der Waals surface area contributed by atoms with Gasteiger partial charge in [0.05, 0.1) is 11.6 Å². The Morgan fingerprint density at radius 3 is 2.74 bits per heavy atom.